The van der Waals surface area contributed by atoms with E-state index in [4.69, 9.17) is 9.47 Å². The molecule has 27 heavy (non-hydrogen) atoms. The minimum absolute atomic E-state index is 0.0930. The van der Waals surface area contributed by atoms with Gasteiger partial charge in [-0.1, -0.05) is 0 Å². The van der Waals surface area contributed by atoms with Crippen molar-refractivity contribution < 1.29 is 24.2 Å². The third kappa shape index (κ3) is 3.80. The molecule has 4 rings (SSSR count). The maximum atomic E-state index is 12.8. The highest BCUT2D eigenvalue weighted by Gasteiger charge is 2.45. The summed E-state index contributed by atoms with van der Waals surface area (Å²) in [5.41, 5.74) is -1.08. The maximum Gasteiger partial charge on any atom is 0.253 e. The van der Waals surface area contributed by atoms with Crippen molar-refractivity contribution in [2.45, 2.75) is 36.9 Å². The summed E-state index contributed by atoms with van der Waals surface area (Å²) in [4.78, 5) is 36.3. The van der Waals surface area contributed by atoms with E-state index in [-0.39, 0.29) is 31.4 Å². The van der Waals surface area contributed by atoms with Gasteiger partial charge in [0.1, 0.15) is 18.5 Å². The van der Waals surface area contributed by atoms with Crippen LogP contribution in [0.2, 0.25) is 0 Å². The van der Waals surface area contributed by atoms with Gasteiger partial charge in [0.2, 0.25) is 5.91 Å². The minimum Gasteiger partial charge on any atom is -0.389 e. The number of anilines is 1. The Hall–Kier alpha value is -2.10. The van der Waals surface area contributed by atoms with Gasteiger partial charge in [-0.25, -0.2) is 9.97 Å². The molecule has 2 saturated heterocycles. The second-order valence-electron chi connectivity index (χ2n) is 7.67. The van der Waals surface area contributed by atoms with Crippen molar-refractivity contribution in [1.82, 2.24) is 14.9 Å². The van der Waals surface area contributed by atoms with Crippen LogP contribution in [0.1, 0.15) is 25.7 Å². The SMILES string of the molecule is O=C(CC1(O)CCC1)N1CCOCC2(C1)CN(c1cncnc1)C(=O)CO2. The van der Waals surface area contributed by atoms with E-state index < -0.39 is 11.2 Å². The third-order valence-corrected chi connectivity index (χ3v) is 5.57. The van der Waals surface area contributed by atoms with Gasteiger partial charge in [-0.2, -0.15) is 0 Å². The van der Waals surface area contributed by atoms with Gasteiger partial charge in [0.15, 0.2) is 0 Å². The Morgan fingerprint density at radius 1 is 1.26 bits per heavy atom. The number of carbonyl (C=O) groups is 2. The molecular weight excluding hydrogens is 352 g/mol. The summed E-state index contributed by atoms with van der Waals surface area (Å²) >= 11 is 0. The molecule has 0 bridgehead atoms. The minimum atomic E-state index is -0.867. The number of aliphatic hydroxyl groups is 1. The summed E-state index contributed by atoms with van der Waals surface area (Å²) < 4.78 is 11.6. The van der Waals surface area contributed by atoms with Crippen molar-refractivity contribution in [2.75, 3.05) is 44.4 Å². The number of rotatable bonds is 3. The van der Waals surface area contributed by atoms with E-state index in [1.807, 2.05) is 0 Å². The Balaban J connectivity index is 1.50. The van der Waals surface area contributed by atoms with E-state index in [1.165, 1.54) is 6.33 Å². The van der Waals surface area contributed by atoms with Crippen LogP contribution in [0.3, 0.4) is 0 Å². The van der Waals surface area contributed by atoms with Crippen LogP contribution in [-0.4, -0.2) is 82.4 Å². The number of morpholine rings is 1. The summed E-state index contributed by atoms with van der Waals surface area (Å²) in [7, 11) is 0. The lowest BCUT2D eigenvalue weighted by molar-refractivity contribution is -0.152. The zero-order valence-corrected chi connectivity index (χ0v) is 15.2. The standard InChI is InChI=1S/C18H24N4O5/c23-15(6-17(25)2-1-3-17)21-4-5-26-12-18(10-21)11-22(16(24)9-27-18)14-7-19-13-20-8-14/h7-8,13,25H,1-6,9-12H2. The van der Waals surface area contributed by atoms with Gasteiger partial charge >= 0.3 is 0 Å². The lowest BCUT2D eigenvalue weighted by Crippen LogP contribution is -2.61. The van der Waals surface area contributed by atoms with Gasteiger partial charge < -0.3 is 24.4 Å². The Morgan fingerprint density at radius 3 is 2.74 bits per heavy atom. The molecule has 1 aromatic heterocycles. The monoisotopic (exact) mass is 376 g/mol. The summed E-state index contributed by atoms with van der Waals surface area (Å²) in [6.45, 7) is 1.62. The van der Waals surface area contributed by atoms with Gasteiger partial charge in [-0.05, 0) is 19.3 Å². The Labute approximate surface area is 157 Å². The van der Waals surface area contributed by atoms with Crippen molar-refractivity contribution in [3.63, 3.8) is 0 Å². The van der Waals surface area contributed by atoms with Gasteiger partial charge in [0, 0.05) is 6.54 Å². The quantitative estimate of drug-likeness (QED) is 0.775. The van der Waals surface area contributed by atoms with E-state index in [1.54, 1.807) is 22.2 Å². The van der Waals surface area contributed by atoms with Crippen LogP contribution < -0.4 is 4.90 Å². The highest BCUT2D eigenvalue weighted by molar-refractivity contribution is 5.95. The van der Waals surface area contributed by atoms with Crippen molar-refractivity contribution in [2.24, 2.45) is 0 Å². The van der Waals surface area contributed by atoms with Crippen LogP contribution in [0.4, 0.5) is 5.69 Å². The van der Waals surface area contributed by atoms with Gasteiger partial charge in [0.05, 0.1) is 56.4 Å². The van der Waals surface area contributed by atoms with Crippen LogP contribution in [0, 0.1) is 0 Å². The lowest BCUT2D eigenvalue weighted by atomic mass is 9.77. The number of amides is 2. The fourth-order valence-electron chi connectivity index (χ4n) is 3.84. The molecule has 2 amide bonds. The molecule has 1 spiro atoms. The fourth-order valence-corrected chi connectivity index (χ4v) is 3.84. The van der Waals surface area contributed by atoms with Crippen LogP contribution >= 0.6 is 0 Å². The first-order valence-electron chi connectivity index (χ1n) is 9.26. The van der Waals surface area contributed by atoms with Crippen LogP contribution in [0.15, 0.2) is 18.7 Å². The molecule has 9 heteroatoms. The Morgan fingerprint density at radius 2 is 2.04 bits per heavy atom. The first-order valence-corrected chi connectivity index (χ1v) is 9.26. The van der Waals surface area contributed by atoms with Gasteiger partial charge in [0.25, 0.3) is 5.91 Å². The molecule has 2 aliphatic heterocycles. The van der Waals surface area contributed by atoms with E-state index >= 15 is 0 Å². The summed E-state index contributed by atoms with van der Waals surface area (Å²) in [5.74, 6) is -0.279. The average Bonchev–Trinajstić information content (AvgIpc) is 2.86. The first-order chi connectivity index (χ1) is 13.0. The number of carbonyl (C=O) groups excluding carboxylic acids is 2. The number of nitrogens with zero attached hydrogens (tertiary/aromatic N) is 4. The van der Waals surface area contributed by atoms with Crippen molar-refractivity contribution in [3.8, 4) is 0 Å². The summed E-state index contributed by atoms with van der Waals surface area (Å²) in [5, 5.41) is 10.3. The second kappa shape index (κ2) is 7.14. The molecule has 1 unspecified atom stereocenters. The van der Waals surface area contributed by atoms with E-state index in [0.717, 1.165) is 6.42 Å². The predicted molar refractivity (Wildman–Crippen MR) is 93.9 cm³/mol. The number of hydrogen-bond donors (Lipinski definition) is 1. The molecule has 0 aromatic carbocycles. The molecule has 1 N–H and O–H groups in total. The molecule has 0 radical (unpaired) electrons. The molecule has 3 aliphatic rings. The molecule has 3 heterocycles. The third-order valence-electron chi connectivity index (χ3n) is 5.57. The Kier molecular flexibility index (Phi) is 4.83. The molecule has 1 atom stereocenters. The van der Waals surface area contributed by atoms with E-state index in [9.17, 15) is 14.7 Å². The van der Waals surface area contributed by atoms with Crippen molar-refractivity contribution in [1.29, 1.82) is 0 Å². The van der Waals surface area contributed by atoms with Crippen molar-refractivity contribution >= 4 is 17.5 Å². The Bertz CT molecular complexity index is 711. The normalized spacial score (nSPS) is 28.0. The highest BCUT2D eigenvalue weighted by atomic mass is 16.6. The van der Waals surface area contributed by atoms with Gasteiger partial charge in [-0.15, -0.1) is 0 Å². The molecule has 3 fully saturated rings. The molecule has 1 saturated carbocycles. The number of ether oxygens (including phenoxy) is 2. The van der Waals surface area contributed by atoms with E-state index in [2.05, 4.69) is 9.97 Å². The fraction of sp³-hybridized carbons (Fsp3) is 0.667. The van der Waals surface area contributed by atoms with Crippen LogP contribution in [0.5, 0.6) is 0 Å². The zero-order valence-electron chi connectivity index (χ0n) is 15.2. The lowest BCUT2D eigenvalue weighted by Gasteiger charge is -2.43. The zero-order chi connectivity index (χ0) is 18.9. The summed E-state index contributed by atoms with van der Waals surface area (Å²) in [6, 6.07) is 0. The maximum absolute atomic E-state index is 12.8. The average molecular weight is 376 g/mol. The second-order valence-corrected chi connectivity index (χ2v) is 7.67. The molecule has 146 valence electrons. The largest absolute Gasteiger partial charge is 0.389 e. The highest BCUT2D eigenvalue weighted by Crippen LogP contribution is 2.35. The topological polar surface area (TPSA) is 105 Å². The predicted octanol–water partition coefficient (Wildman–Crippen LogP) is -0.257. The summed E-state index contributed by atoms with van der Waals surface area (Å²) in [6.07, 6.45) is 6.98. The van der Waals surface area contributed by atoms with Crippen LogP contribution in [0.25, 0.3) is 0 Å². The molecule has 1 aliphatic carbocycles. The first kappa shape index (κ1) is 18.3. The molecular formula is C18H24N4O5. The van der Waals surface area contributed by atoms with E-state index in [0.29, 0.717) is 44.8 Å². The van der Waals surface area contributed by atoms with Crippen molar-refractivity contribution in [3.05, 3.63) is 18.7 Å². The smallest absolute Gasteiger partial charge is 0.253 e. The molecule has 9 nitrogen and oxygen atoms in total. The van der Waals surface area contributed by atoms with Crippen LogP contribution in [-0.2, 0) is 19.1 Å². The molecule has 1 aromatic rings. The number of aromatic nitrogens is 2. The number of hydrogen-bond acceptors (Lipinski definition) is 7. The van der Waals surface area contributed by atoms with Gasteiger partial charge in [-0.3, -0.25) is 9.59 Å².